The lowest BCUT2D eigenvalue weighted by atomic mass is 9.88. The van der Waals surface area contributed by atoms with Crippen LogP contribution >= 0.6 is 12.4 Å². The Kier molecular flexibility index (Phi) is 4.78. The molecule has 3 rings (SSSR count). The molecule has 2 nitrogen and oxygen atoms in total. The van der Waals surface area contributed by atoms with Crippen LogP contribution in [-0.2, 0) is 5.41 Å². The van der Waals surface area contributed by atoms with E-state index in [2.05, 4.69) is 54.5 Å². The van der Waals surface area contributed by atoms with Crippen molar-refractivity contribution in [2.24, 2.45) is 5.41 Å². The second-order valence-corrected chi connectivity index (χ2v) is 7.06. The first kappa shape index (κ1) is 15.8. The average Bonchev–Trinajstić information content (AvgIpc) is 3.05. The van der Waals surface area contributed by atoms with Crippen LogP contribution in [-0.4, -0.2) is 38.1 Å². The molecule has 1 atom stereocenters. The summed E-state index contributed by atoms with van der Waals surface area (Å²) in [5, 5.41) is 3.50. The molecule has 1 N–H and O–H groups in total. The minimum atomic E-state index is 0. The van der Waals surface area contributed by atoms with Crippen LogP contribution in [0.2, 0.25) is 0 Å². The van der Waals surface area contributed by atoms with Gasteiger partial charge in [0.2, 0.25) is 0 Å². The van der Waals surface area contributed by atoms with Crippen LogP contribution < -0.4 is 5.32 Å². The van der Waals surface area contributed by atoms with E-state index >= 15 is 0 Å². The first-order valence-corrected chi connectivity index (χ1v) is 7.57. The lowest BCUT2D eigenvalue weighted by molar-refractivity contribution is 0.196. The number of halogens is 1. The molecule has 1 saturated carbocycles. The van der Waals surface area contributed by atoms with Gasteiger partial charge in [-0.1, -0.05) is 37.3 Å². The highest BCUT2D eigenvalue weighted by Gasteiger charge is 2.45. The van der Waals surface area contributed by atoms with Crippen LogP contribution in [0.5, 0.6) is 0 Å². The van der Waals surface area contributed by atoms with E-state index < -0.39 is 0 Å². The first-order valence-electron chi connectivity index (χ1n) is 7.57. The maximum Gasteiger partial charge on any atom is 0.00808 e. The Hall–Kier alpha value is -0.570. The zero-order chi connectivity index (χ0) is 13.3. The summed E-state index contributed by atoms with van der Waals surface area (Å²) < 4.78 is 0. The van der Waals surface area contributed by atoms with Crippen molar-refractivity contribution < 1.29 is 0 Å². The second-order valence-electron chi connectivity index (χ2n) is 7.06. The zero-order valence-electron chi connectivity index (χ0n) is 12.7. The van der Waals surface area contributed by atoms with E-state index in [-0.39, 0.29) is 12.4 Å². The summed E-state index contributed by atoms with van der Waals surface area (Å²) in [5.41, 5.74) is 2.47. The highest BCUT2D eigenvalue weighted by atomic mass is 35.5. The third-order valence-corrected chi connectivity index (χ3v) is 4.92. The van der Waals surface area contributed by atoms with Gasteiger partial charge >= 0.3 is 0 Å². The number of hydrogen-bond donors (Lipinski definition) is 1. The molecule has 1 aliphatic carbocycles. The van der Waals surface area contributed by atoms with Gasteiger partial charge in [0, 0.05) is 25.0 Å². The summed E-state index contributed by atoms with van der Waals surface area (Å²) in [6.07, 6.45) is 4.03. The van der Waals surface area contributed by atoms with E-state index in [1.165, 1.54) is 51.0 Å². The molecule has 0 amide bonds. The van der Waals surface area contributed by atoms with Gasteiger partial charge in [-0.25, -0.2) is 0 Å². The molecule has 1 saturated heterocycles. The zero-order valence-corrected chi connectivity index (χ0v) is 13.5. The molecule has 0 spiro atoms. The van der Waals surface area contributed by atoms with Gasteiger partial charge in [0.1, 0.15) is 0 Å². The Labute approximate surface area is 129 Å². The molecule has 0 bridgehead atoms. The van der Waals surface area contributed by atoms with Crippen LogP contribution in [0.25, 0.3) is 0 Å². The molecule has 2 aliphatic rings. The fourth-order valence-electron chi connectivity index (χ4n) is 3.71. The van der Waals surface area contributed by atoms with Crippen molar-refractivity contribution >= 4 is 12.4 Å². The highest BCUT2D eigenvalue weighted by Crippen LogP contribution is 2.48. The topological polar surface area (TPSA) is 15.3 Å². The molecule has 0 aromatic heterocycles. The summed E-state index contributed by atoms with van der Waals surface area (Å²) in [6, 6.07) is 11.1. The molecular formula is C17H27ClN2. The maximum atomic E-state index is 3.50. The number of nitrogens with zero attached hydrogens (tertiary/aromatic N) is 1. The molecule has 1 heterocycles. The molecule has 1 unspecified atom stereocenters. The molecule has 1 aromatic rings. The molecule has 20 heavy (non-hydrogen) atoms. The van der Waals surface area contributed by atoms with Crippen molar-refractivity contribution in [3.05, 3.63) is 35.9 Å². The van der Waals surface area contributed by atoms with E-state index in [0.29, 0.717) is 10.8 Å². The van der Waals surface area contributed by atoms with Crippen molar-refractivity contribution in [2.75, 3.05) is 33.2 Å². The quantitative estimate of drug-likeness (QED) is 0.898. The van der Waals surface area contributed by atoms with Gasteiger partial charge in [-0.3, -0.25) is 0 Å². The maximum absolute atomic E-state index is 3.50. The van der Waals surface area contributed by atoms with Gasteiger partial charge in [0.25, 0.3) is 0 Å². The van der Waals surface area contributed by atoms with Gasteiger partial charge in [-0.05, 0) is 43.8 Å². The summed E-state index contributed by atoms with van der Waals surface area (Å²) in [5.74, 6) is 0. The highest BCUT2D eigenvalue weighted by molar-refractivity contribution is 5.85. The van der Waals surface area contributed by atoms with E-state index in [4.69, 9.17) is 0 Å². The molecule has 112 valence electrons. The summed E-state index contributed by atoms with van der Waals surface area (Å²) >= 11 is 0. The fourth-order valence-corrected chi connectivity index (χ4v) is 3.71. The van der Waals surface area contributed by atoms with Crippen molar-refractivity contribution in [1.29, 1.82) is 0 Å². The lowest BCUT2D eigenvalue weighted by Gasteiger charge is -2.32. The Morgan fingerprint density at radius 1 is 1.10 bits per heavy atom. The predicted molar refractivity (Wildman–Crippen MR) is 87.7 cm³/mol. The fraction of sp³-hybridized carbons (Fsp3) is 0.647. The van der Waals surface area contributed by atoms with Crippen LogP contribution in [0.15, 0.2) is 30.3 Å². The monoisotopic (exact) mass is 294 g/mol. The first-order chi connectivity index (χ1) is 9.12. The normalized spacial score (nSPS) is 27.4. The average molecular weight is 295 g/mol. The number of likely N-dealkylation sites (N-methyl/N-ethyl adjacent to an activating group) is 1. The van der Waals surface area contributed by atoms with Gasteiger partial charge in [0.15, 0.2) is 0 Å². The molecule has 2 fully saturated rings. The van der Waals surface area contributed by atoms with E-state index in [9.17, 15) is 0 Å². The van der Waals surface area contributed by atoms with Gasteiger partial charge in [0.05, 0.1) is 0 Å². The Morgan fingerprint density at radius 3 is 2.35 bits per heavy atom. The standard InChI is InChI=1S/C17H26N2.ClH/c1-16(10-11-18-12-16)13-19(2)14-17(8-9-17)15-6-4-3-5-7-15;/h3-7,18H,8-14H2,1-2H3;1H. The molecule has 1 aromatic carbocycles. The van der Waals surface area contributed by atoms with Crippen molar-refractivity contribution in [2.45, 2.75) is 31.6 Å². The molecule has 1 aliphatic heterocycles. The van der Waals surface area contributed by atoms with Crippen LogP contribution in [0.1, 0.15) is 31.7 Å². The Balaban J connectivity index is 0.00000147. The third-order valence-electron chi connectivity index (χ3n) is 4.92. The van der Waals surface area contributed by atoms with E-state index in [1.54, 1.807) is 0 Å². The van der Waals surface area contributed by atoms with Crippen molar-refractivity contribution in [3.63, 3.8) is 0 Å². The van der Waals surface area contributed by atoms with Crippen LogP contribution in [0.3, 0.4) is 0 Å². The van der Waals surface area contributed by atoms with E-state index in [0.717, 1.165) is 0 Å². The van der Waals surface area contributed by atoms with Crippen molar-refractivity contribution in [3.8, 4) is 0 Å². The summed E-state index contributed by atoms with van der Waals surface area (Å²) in [4.78, 5) is 2.56. The lowest BCUT2D eigenvalue weighted by Crippen LogP contribution is -2.39. The van der Waals surface area contributed by atoms with Gasteiger partial charge in [-0.15, -0.1) is 12.4 Å². The second kappa shape index (κ2) is 6.05. The Bertz CT molecular complexity index is 422. The predicted octanol–water partition coefficient (Wildman–Crippen LogP) is 3.07. The van der Waals surface area contributed by atoms with Gasteiger partial charge in [-0.2, -0.15) is 0 Å². The largest absolute Gasteiger partial charge is 0.316 e. The van der Waals surface area contributed by atoms with Gasteiger partial charge < -0.3 is 10.2 Å². The minimum absolute atomic E-state index is 0. The third kappa shape index (κ3) is 3.36. The summed E-state index contributed by atoms with van der Waals surface area (Å²) in [7, 11) is 2.30. The van der Waals surface area contributed by atoms with Crippen LogP contribution in [0.4, 0.5) is 0 Å². The SMILES string of the molecule is CN(CC1(C)CCNC1)CC1(c2ccccc2)CC1.Cl. The molecule has 0 radical (unpaired) electrons. The molecule has 3 heteroatoms. The number of hydrogen-bond acceptors (Lipinski definition) is 2. The smallest absolute Gasteiger partial charge is 0.00808 e. The van der Waals surface area contributed by atoms with Crippen LogP contribution in [0, 0.1) is 5.41 Å². The number of rotatable bonds is 5. The Morgan fingerprint density at radius 2 is 1.80 bits per heavy atom. The molecular weight excluding hydrogens is 268 g/mol. The van der Waals surface area contributed by atoms with E-state index in [1.807, 2.05) is 0 Å². The number of benzene rings is 1. The minimum Gasteiger partial charge on any atom is -0.316 e. The van der Waals surface area contributed by atoms with Crippen molar-refractivity contribution in [1.82, 2.24) is 10.2 Å². The summed E-state index contributed by atoms with van der Waals surface area (Å²) in [6.45, 7) is 7.22. The number of nitrogens with one attached hydrogen (secondary N) is 1.